The number of allylic oxidation sites excluding steroid dienone is 1. The maximum absolute atomic E-state index is 5.69. The molecule has 3 rings (SSSR count). The Morgan fingerprint density at radius 3 is 2.65 bits per heavy atom. The van der Waals surface area contributed by atoms with Crippen molar-refractivity contribution in [3.05, 3.63) is 71.1 Å². The van der Waals surface area contributed by atoms with E-state index in [2.05, 4.69) is 34.5 Å². The SMILES string of the molecule is C=CCc1[nH]c(-c2ccsc2)cc1C(C)=Nc1ccc(OC(C)C)cc1. The number of H-pyrrole nitrogens is 1. The van der Waals surface area contributed by atoms with E-state index in [1.807, 2.05) is 51.1 Å². The molecule has 4 heteroatoms. The molecule has 3 nitrogen and oxygen atoms in total. The second-order valence-electron chi connectivity index (χ2n) is 6.44. The van der Waals surface area contributed by atoms with Gasteiger partial charge >= 0.3 is 0 Å². The number of aromatic amines is 1. The monoisotopic (exact) mass is 364 g/mol. The van der Waals surface area contributed by atoms with Crippen molar-refractivity contribution < 1.29 is 4.74 Å². The van der Waals surface area contributed by atoms with Crippen LogP contribution in [0, 0.1) is 0 Å². The molecular formula is C22H24N2OS. The fourth-order valence-corrected chi connectivity index (χ4v) is 3.48. The number of rotatable bonds is 7. The fourth-order valence-electron chi connectivity index (χ4n) is 2.82. The molecule has 0 radical (unpaired) electrons. The number of nitrogens with zero attached hydrogens (tertiary/aromatic N) is 1. The van der Waals surface area contributed by atoms with Gasteiger partial charge < -0.3 is 9.72 Å². The molecule has 0 amide bonds. The van der Waals surface area contributed by atoms with Gasteiger partial charge in [0.15, 0.2) is 0 Å². The highest BCUT2D eigenvalue weighted by atomic mass is 32.1. The summed E-state index contributed by atoms with van der Waals surface area (Å²) in [5, 5.41) is 4.23. The van der Waals surface area contributed by atoms with Crippen LogP contribution >= 0.6 is 11.3 Å². The minimum absolute atomic E-state index is 0.169. The number of aliphatic imine (C=N–C) groups is 1. The van der Waals surface area contributed by atoms with Crippen molar-refractivity contribution in [3.63, 3.8) is 0 Å². The lowest BCUT2D eigenvalue weighted by Crippen LogP contribution is -2.04. The van der Waals surface area contributed by atoms with E-state index in [0.29, 0.717) is 0 Å². The van der Waals surface area contributed by atoms with Crippen LogP contribution in [0.25, 0.3) is 11.3 Å². The Bertz CT molecular complexity index is 887. The highest BCUT2D eigenvalue weighted by molar-refractivity contribution is 7.08. The van der Waals surface area contributed by atoms with Crippen molar-refractivity contribution >= 4 is 22.7 Å². The first-order chi connectivity index (χ1) is 12.6. The standard InChI is InChI=1S/C22H24N2OS/c1-5-6-21-20(13-22(24-21)17-11-12-26-14-17)16(4)23-18-7-9-19(10-8-18)25-15(2)3/h5,7-15,24H,1,6H2,2-4H3. The van der Waals surface area contributed by atoms with Gasteiger partial charge in [-0.2, -0.15) is 11.3 Å². The van der Waals surface area contributed by atoms with Gasteiger partial charge in [0.25, 0.3) is 0 Å². The predicted octanol–water partition coefficient (Wildman–Crippen LogP) is 6.40. The van der Waals surface area contributed by atoms with Crippen LogP contribution in [-0.4, -0.2) is 16.8 Å². The van der Waals surface area contributed by atoms with Gasteiger partial charge in [-0.05, 0) is 62.5 Å². The van der Waals surface area contributed by atoms with Gasteiger partial charge in [0.05, 0.1) is 11.8 Å². The van der Waals surface area contributed by atoms with Gasteiger partial charge in [-0.3, -0.25) is 4.99 Å². The van der Waals surface area contributed by atoms with Gasteiger partial charge in [-0.25, -0.2) is 0 Å². The van der Waals surface area contributed by atoms with Gasteiger partial charge in [-0.1, -0.05) is 6.08 Å². The quantitative estimate of drug-likeness (QED) is 0.382. The summed E-state index contributed by atoms with van der Waals surface area (Å²) in [5.41, 5.74) is 6.50. The lowest BCUT2D eigenvalue weighted by atomic mass is 10.1. The molecule has 3 aromatic rings. The van der Waals surface area contributed by atoms with Crippen molar-refractivity contribution in [2.24, 2.45) is 4.99 Å². The van der Waals surface area contributed by atoms with Crippen molar-refractivity contribution in [1.29, 1.82) is 0 Å². The van der Waals surface area contributed by atoms with E-state index in [-0.39, 0.29) is 6.10 Å². The first-order valence-electron chi connectivity index (χ1n) is 8.74. The summed E-state index contributed by atoms with van der Waals surface area (Å²) < 4.78 is 5.69. The molecule has 2 aromatic heterocycles. The predicted molar refractivity (Wildman–Crippen MR) is 112 cm³/mol. The number of nitrogens with one attached hydrogen (secondary N) is 1. The van der Waals surface area contributed by atoms with Crippen LogP contribution in [0.3, 0.4) is 0 Å². The highest BCUT2D eigenvalue weighted by Crippen LogP contribution is 2.26. The average Bonchev–Trinajstić information content (AvgIpc) is 3.26. The minimum atomic E-state index is 0.169. The van der Waals surface area contributed by atoms with Crippen molar-refractivity contribution in [2.45, 2.75) is 33.3 Å². The Hall–Kier alpha value is -2.59. The van der Waals surface area contributed by atoms with Crippen molar-refractivity contribution in [1.82, 2.24) is 4.98 Å². The Labute approximate surface area is 159 Å². The van der Waals surface area contributed by atoms with E-state index in [4.69, 9.17) is 9.73 Å². The third kappa shape index (κ3) is 4.33. The Morgan fingerprint density at radius 2 is 2.04 bits per heavy atom. The highest BCUT2D eigenvalue weighted by Gasteiger charge is 2.11. The number of thiophene rings is 1. The maximum Gasteiger partial charge on any atom is 0.119 e. The van der Waals surface area contributed by atoms with Crippen LogP contribution < -0.4 is 4.74 Å². The van der Waals surface area contributed by atoms with E-state index in [9.17, 15) is 0 Å². The molecule has 0 bridgehead atoms. The molecule has 2 heterocycles. The lowest BCUT2D eigenvalue weighted by Gasteiger charge is -2.09. The maximum atomic E-state index is 5.69. The van der Waals surface area contributed by atoms with Crippen LogP contribution in [0.5, 0.6) is 5.75 Å². The Morgan fingerprint density at radius 1 is 1.27 bits per heavy atom. The van der Waals surface area contributed by atoms with Crippen LogP contribution in [0.4, 0.5) is 5.69 Å². The van der Waals surface area contributed by atoms with E-state index in [0.717, 1.165) is 40.5 Å². The molecule has 0 atom stereocenters. The zero-order valence-electron chi connectivity index (χ0n) is 15.5. The molecule has 1 aromatic carbocycles. The fraction of sp³-hybridized carbons (Fsp3) is 0.227. The number of hydrogen-bond acceptors (Lipinski definition) is 3. The van der Waals surface area contributed by atoms with E-state index in [1.165, 1.54) is 5.56 Å². The van der Waals surface area contributed by atoms with Crippen LogP contribution in [0.15, 0.2) is 64.8 Å². The van der Waals surface area contributed by atoms with Crippen molar-refractivity contribution in [2.75, 3.05) is 0 Å². The molecule has 134 valence electrons. The van der Waals surface area contributed by atoms with E-state index >= 15 is 0 Å². The summed E-state index contributed by atoms with van der Waals surface area (Å²) in [5.74, 6) is 0.866. The second kappa shape index (κ2) is 8.19. The number of aromatic nitrogens is 1. The van der Waals surface area contributed by atoms with Gasteiger partial charge in [-0.15, -0.1) is 6.58 Å². The summed E-state index contributed by atoms with van der Waals surface area (Å²) >= 11 is 1.70. The molecule has 1 N–H and O–H groups in total. The number of hydrogen-bond donors (Lipinski definition) is 1. The first-order valence-corrected chi connectivity index (χ1v) is 9.69. The average molecular weight is 365 g/mol. The van der Waals surface area contributed by atoms with Gasteiger partial charge in [0.1, 0.15) is 5.75 Å². The van der Waals surface area contributed by atoms with Crippen LogP contribution in [-0.2, 0) is 6.42 Å². The summed E-state index contributed by atoms with van der Waals surface area (Å²) in [7, 11) is 0. The molecule has 0 saturated heterocycles. The third-order valence-corrected chi connectivity index (χ3v) is 4.66. The molecule has 26 heavy (non-hydrogen) atoms. The van der Waals surface area contributed by atoms with Crippen molar-refractivity contribution in [3.8, 4) is 17.0 Å². The summed E-state index contributed by atoms with van der Waals surface area (Å²) in [6, 6.07) is 12.2. The summed E-state index contributed by atoms with van der Waals surface area (Å²) in [4.78, 5) is 8.31. The molecule has 0 saturated carbocycles. The number of benzene rings is 1. The topological polar surface area (TPSA) is 37.4 Å². The lowest BCUT2D eigenvalue weighted by molar-refractivity contribution is 0.242. The number of ether oxygens (including phenoxy) is 1. The van der Waals surface area contributed by atoms with E-state index < -0.39 is 0 Å². The van der Waals surface area contributed by atoms with Crippen LogP contribution in [0.1, 0.15) is 32.0 Å². The van der Waals surface area contributed by atoms with Gasteiger partial charge in [0, 0.05) is 40.0 Å². The van der Waals surface area contributed by atoms with Crippen LogP contribution in [0.2, 0.25) is 0 Å². The molecule has 0 aliphatic rings. The Kier molecular flexibility index (Phi) is 5.74. The van der Waals surface area contributed by atoms with Gasteiger partial charge in [0.2, 0.25) is 0 Å². The largest absolute Gasteiger partial charge is 0.491 e. The van der Waals surface area contributed by atoms with E-state index in [1.54, 1.807) is 11.3 Å². The second-order valence-corrected chi connectivity index (χ2v) is 7.22. The first kappa shape index (κ1) is 18.2. The summed E-state index contributed by atoms with van der Waals surface area (Å²) in [6.07, 6.45) is 2.87. The molecule has 0 aliphatic carbocycles. The third-order valence-electron chi connectivity index (χ3n) is 3.98. The normalized spacial score (nSPS) is 11.8. The molecule has 0 spiro atoms. The molecular weight excluding hydrogens is 340 g/mol. The minimum Gasteiger partial charge on any atom is -0.491 e. The summed E-state index contributed by atoms with van der Waals surface area (Å²) in [6.45, 7) is 9.97. The molecule has 0 unspecified atom stereocenters. The smallest absolute Gasteiger partial charge is 0.119 e. The zero-order valence-corrected chi connectivity index (χ0v) is 16.3. The molecule has 0 fully saturated rings. The zero-order chi connectivity index (χ0) is 18.5. The Balaban J connectivity index is 1.89. The molecule has 0 aliphatic heterocycles.